The van der Waals surface area contributed by atoms with Crippen LogP contribution in [0.3, 0.4) is 0 Å². The minimum absolute atomic E-state index is 0.589. The normalized spacial score (nSPS) is 9.50. The second-order valence-corrected chi connectivity index (χ2v) is 3.81. The molecule has 5 heteroatoms. The van der Waals surface area contributed by atoms with E-state index in [4.69, 9.17) is 0 Å². The van der Waals surface area contributed by atoms with Gasteiger partial charge in [-0.2, -0.15) is 5.10 Å². The maximum atomic E-state index is 4.03. The molecule has 0 N–H and O–H groups in total. The van der Waals surface area contributed by atoms with E-state index < -0.39 is 0 Å². The van der Waals surface area contributed by atoms with Crippen molar-refractivity contribution in [3.63, 3.8) is 0 Å². The Morgan fingerprint density at radius 2 is 2.43 bits per heavy atom. The van der Waals surface area contributed by atoms with Gasteiger partial charge < -0.3 is 0 Å². The van der Waals surface area contributed by atoms with Crippen molar-refractivity contribution < 1.29 is 0 Å². The Morgan fingerprint density at radius 3 is 3.07 bits per heavy atom. The Balaban J connectivity index is 2.01. The molecule has 0 aliphatic heterocycles. The van der Waals surface area contributed by atoms with E-state index in [2.05, 4.69) is 27.1 Å². The van der Waals surface area contributed by atoms with Crippen LogP contribution < -0.4 is 0 Å². The Morgan fingerprint density at radius 1 is 1.50 bits per heavy atom. The van der Waals surface area contributed by atoms with Crippen LogP contribution in [0.2, 0.25) is 0 Å². The highest BCUT2D eigenvalue weighted by Gasteiger charge is 1.93. The van der Waals surface area contributed by atoms with Gasteiger partial charge in [0.15, 0.2) is 5.01 Å². The second-order valence-electron chi connectivity index (χ2n) is 2.63. The first-order valence-electron chi connectivity index (χ1n) is 4.11. The van der Waals surface area contributed by atoms with Crippen LogP contribution in [0.1, 0.15) is 10.0 Å². The zero-order valence-corrected chi connectivity index (χ0v) is 8.45. The van der Waals surface area contributed by atoms with Gasteiger partial charge in [-0.3, -0.25) is 4.68 Å². The molecule has 4 nitrogen and oxygen atoms in total. The molecule has 0 aliphatic carbocycles. The van der Waals surface area contributed by atoms with Crippen molar-refractivity contribution in [1.29, 1.82) is 0 Å². The van der Waals surface area contributed by atoms with Crippen LogP contribution in [-0.4, -0.2) is 20.0 Å². The fraction of sp³-hybridized carbons (Fsp3) is 0.222. The summed E-state index contributed by atoms with van der Waals surface area (Å²) in [6, 6.07) is 1.87. The van der Waals surface area contributed by atoms with Crippen molar-refractivity contribution in [2.24, 2.45) is 0 Å². The largest absolute Gasteiger partial charge is 0.261 e. The summed E-state index contributed by atoms with van der Waals surface area (Å²) >= 11 is 1.50. The fourth-order valence-corrected chi connectivity index (χ4v) is 1.50. The Kier molecular flexibility index (Phi) is 2.56. The first kappa shape index (κ1) is 8.91. The molecule has 0 bridgehead atoms. The lowest BCUT2D eigenvalue weighted by Gasteiger charge is -1.88. The van der Waals surface area contributed by atoms with Gasteiger partial charge in [0, 0.05) is 12.4 Å². The first-order valence-corrected chi connectivity index (χ1v) is 4.92. The number of rotatable bonds is 1. The van der Waals surface area contributed by atoms with Gasteiger partial charge >= 0.3 is 0 Å². The molecule has 0 radical (unpaired) electrons. The van der Waals surface area contributed by atoms with Gasteiger partial charge in [0.1, 0.15) is 11.6 Å². The molecular formula is C9H8N4S. The van der Waals surface area contributed by atoms with Gasteiger partial charge in [0.2, 0.25) is 0 Å². The summed E-state index contributed by atoms with van der Waals surface area (Å²) in [4.78, 5) is 0. The molecule has 0 saturated heterocycles. The summed E-state index contributed by atoms with van der Waals surface area (Å²) in [6.45, 7) is 2.50. The summed E-state index contributed by atoms with van der Waals surface area (Å²) in [5.74, 6) is 5.91. The summed E-state index contributed by atoms with van der Waals surface area (Å²) in [5.41, 5.74) is 0. The van der Waals surface area contributed by atoms with Crippen molar-refractivity contribution in [1.82, 2.24) is 20.0 Å². The predicted molar refractivity (Wildman–Crippen MR) is 53.8 cm³/mol. The number of aryl methyl sites for hydroxylation is 1. The maximum Gasteiger partial charge on any atom is 0.191 e. The molecule has 0 unspecified atom stereocenters. The average molecular weight is 204 g/mol. The zero-order valence-electron chi connectivity index (χ0n) is 7.64. The summed E-state index contributed by atoms with van der Waals surface area (Å²) in [7, 11) is 0. The van der Waals surface area contributed by atoms with E-state index in [-0.39, 0.29) is 0 Å². The van der Waals surface area contributed by atoms with Crippen molar-refractivity contribution in [2.75, 3.05) is 0 Å². The maximum absolute atomic E-state index is 4.03. The van der Waals surface area contributed by atoms with E-state index >= 15 is 0 Å². The van der Waals surface area contributed by atoms with Crippen LogP contribution in [0.25, 0.3) is 0 Å². The molecule has 2 heterocycles. The van der Waals surface area contributed by atoms with Crippen molar-refractivity contribution in [2.45, 2.75) is 13.5 Å². The van der Waals surface area contributed by atoms with Crippen LogP contribution in [0, 0.1) is 18.8 Å². The van der Waals surface area contributed by atoms with Gasteiger partial charge in [-0.25, -0.2) is 0 Å². The molecule has 2 rings (SSSR count). The Labute approximate surface area is 85.6 Å². The van der Waals surface area contributed by atoms with E-state index in [9.17, 15) is 0 Å². The van der Waals surface area contributed by atoms with Crippen LogP contribution in [0.5, 0.6) is 0 Å². The van der Waals surface area contributed by atoms with E-state index in [1.54, 1.807) is 10.9 Å². The van der Waals surface area contributed by atoms with Gasteiger partial charge in [-0.05, 0) is 18.9 Å². The van der Waals surface area contributed by atoms with Crippen LogP contribution >= 0.6 is 11.3 Å². The second kappa shape index (κ2) is 4.03. The molecule has 0 atom stereocenters. The third-order valence-corrected chi connectivity index (χ3v) is 2.28. The molecule has 2 aromatic rings. The third kappa shape index (κ3) is 2.18. The highest BCUT2D eigenvalue weighted by atomic mass is 32.1. The molecular weight excluding hydrogens is 196 g/mol. The smallest absolute Gasteiger partial charge is 0.191 e. The van der Waals surface area contributed by atoms with E-state index in [1.165, 1.54) is 11.3 Å². The number of hydrogen-bond donors (Lipinski definition) is 0. The molecule has 0 fully saturated rings. The molecule has 0 saturated carbocycles. The van der Waals surface area contributed by atoms with E-state index in [0.29, 0.717) is 6.54 Å². The first-order chi connectivity index (χ1) is 6.84. The standard InChI is InChI=1S/C9H8N4S/c1-8-11-12-9(14-8)4-2-6-13-7-3-5-10-13/h3,5,7H,6H2,1H3. The minimum Gasteiger partial charge on any atom is -0.261 e. The topological polar surface area (TPSA) is 43.6 Å². The van der Waals surface area contributed by atoms with Gasteiger partial charge in [0.25, 0.3) is 0 Å². The molecule has 0 amide bonds. The summed E-state index contributed by atoms with van der Waals surface area (Å²) < 4.78 is 1.76. The number of hydrogen-bond acceptors (Lipinski definition) is 4. The molecule has 0 aliphatic rings. The minimum atomic E-state index is 0.589. The Hall–Kier alpha value is -1.67. The van der Waals surface area contributed by atoms with Gasteiger partial charge in [-0.15, -0.1) is 10.2 Å². The summed E-state index contributed by atoms with van der Waals surface area (Å²) in [6.07, 6.45) is 3.61. The lowest BCUT2D eigenvalue weighted by atomic mass is 10.6. The quantitative estimate of drug-likeness (QED) is 0.653. The highest BCUT2D eigenvalue weighted by molar-refractivity contribution is 7.11. The van der Waals surface area contributed by atoms with E-state index in [0.717, 1.165) is 10.0 Å². The Bertz CT molecular complexity index is 460. The lowest BCUT2D eigenvalue weighted by molar-refractivity contribution is 0.715. The van der Waals surface area contributed by atoms with Crippen molar-refractivity contribution >= 4 is 11.3 Å². The number of nitrogens with zero attached hydrogens (tertiary/aromatic N) is 4. The number of aromatic nitrogens is 4. The third-order valence-electron chi connectivity index (χ3n) is 1.52. The molecule has 0 aromatic carbocycles. The fourth-order valence-electron chi connectivity index (χ4n) is 0.937. The van der Waals surface area contributed by atoms with Gasteiger partial charge in [0.05, 0.1) is 0 Å². The molecule has 2 aromatic heterocycles. The van der Waals surface area contributed by atoms with E-state index in [1.807, 2.05) is 19.2 Å². The molecule has 70 valence electrons. The lowest BCUT2D eigenvalue weighted by Crippen LogP contribution is -1.94. The molecule has 0 spiro atoms. The van der Waals surface area contributed by atoms with Crippen molar-refractivity contribution in [3.05, 3.63) is 28.5 Å². The van der Waals surface area contributed by atoms with Crippen LogP contribution in [-0.2, 0) is 6.54 Å². The average Bonchev–Trinajstić information content (AvgIpc) is 2.77. The summed E-state index contributed by atoms with van der Waals surface area (Å²) in [5, 5.41) is 13.5. The monoisotopic (exact) mass is 204 g/mol. The highest BCUT2D eigenvalue weighted by Crippen LogP contribution is 2.05. The zero-order chi connectivity index (χ0) is 9.80. The van der Waals surface area contributed by atoms with Gasteiger partial charge in [-0.1, -0.05) is 17.3 Å². The molecule has 14 heavy (non-hydrogen) atoms. The SMILES string of the molecule is Cc1nnc(C#CCn2cccn2)s1. The van der Waals surface area contributed by atoms with Crippen LogP contribution in [0.4, 0.5) is 0 Å². The van der Waals surface area contributed by atoms with Crippen molar-refractivity contribution in [3.8, 4) is 11.8 Å². The predicted octanol–water partition coefficient (Wildman–Crippen LogP) is 1.09. The van der Waals surface area contributed by atoms with Crippen LogP contribution in [0.15, 0.2) is 18.5 Å².